The Morgan fingerprint density at radius 2 is 2.00 bits per heavy atom. The van der Waals surface area contributed by atoms with Crippen LogP contribution in [0.1, 0.15) is 63.7 Å². The lowest BCUT2D eigenvalue weighted by molar-refractivity contribution is 0.0698. The fourth-order valence-electron chi connectivity index (χ4n) is 6.10. The molecule has 0 aliphatic heterocycles. The molecule has 25 heavy (non-hydrogen) atoms. The predicted molar refractivity (Wildman–Crippen MR) is 101 cm³/mol. The molecule has 4 atom stereocenters. The SMILES string of the molecule is CC1=C2[C@H](Nc3ccccc3C(=O)O)C[C@H](C)[C@]23CC[C@@H](C3)C1(C)C. The van der Waals surface area contributed by atoms with Crippen LogP contribution in [0.4, 0.5) is 5.69 Å². The standard InChI is InChI=1S/C22H29NO2/c1-13-11-18(23-17-8-6-5-7-16(17)20(24)25)19-14(2)21(3,4)15-9-10-22(13,19)12-15/h5-8,13,15,18,23H,9-12H2,1-4H3,(H,24,25)/t13-,15-,18+,22+/m0/s1. The van der Waals surface area contributed by atoms with Crippen LogP contribution in [-0.2, 0) is 0 Å². The Morgan fingerprint density at radius 3 is 2.72 bits per heavy atom. The molecule has 1 spiro atoms. The Balaban J connectivity index is 1.77. The number of carboxylic acids is 1. The van der Waals surface area contributed by atoms with E-state index < -0.39 is 5.97 Å². The highest BCUT2D eigenvalue weighted by molar-refractivity contribution is 5.94. The van der Waals surface area contributed by atoms with Crippen LogP contribution in [0.15, 0.2) is 35.4 Å². The molecule has 0 unspecified atom stereocenters. The van der Waals surface area contributed by atoms with Gasteiger partial charge in [-0.1, -0.05) is 38.5 Å². The molecule has 0 amide bonds. The average molecular weight is 339 g/mol. The van der Waals surface area contributed by atoms with E-state index >= 15 is 0 Å². The van der Waals surface area contributed by atoms with Crippen LogP contribution in [0.5, 0.6) is 0 Å². The Kier molecular flexibility index (Phi) is 3.58. The Bertz CT molecular complexity index is 763. The van der Waals surface area contributed by atoms with Crippen molar-refractivity contribution in [2.75, 3.05) is 5.32 Å². The number of aromatic carboxylic acids is 1. The summed E-state index contributed by atoms with van der Waals surface area (Å²) in [6.45, 7) is 9.54. The van der Waals surface area contributed by atoms with Gasteiger partial charge in [-0.05, 0) is 73.0 Å². The van der Waals surface area contributed by atoms with Crippen molar-refractivity contribution in [2.24, 2.45) is 22.7 Å². The highest BCUT2D eigenvalue weighted by Crippen LogP contribution is 2.68. The van der Waals surface area contributed by atoms with Crippen molar-refractivity contribution in [3.8, 4) is 0 Å². The second-order valence-corrected chi connectivity index (χ2v) is 9.04. The highest BCUT2D eigenvalue weighted by atomic mass is 16.4. The van der Waals surface area contributed by atoms with E-state index in [1.807, 2.05) is 12.1 Å². The lowest BCUT2D eigenvalue weighted by Crippen LogP contribution is -2.37. The summed E-state index contributed by atoms with van der Waals surface area (Å²) in [6, 6.07) is 7.56. The number of anilines is 1. The molecule has 3 aliphatic rings. The van der Waals surface area contributed by atoms with Crippen molar-refractivity contribution in [1.82, 2.24) is 0 Å². The second-order valence-electron chi connectivity index (χ2n) is 9.04. The summed E-state index contributed by atoms with van der Waals surface area (Å²) in [4.78, 5) is 11.6. The minimum absolute atomic E-state index is 0.256. The van der Waals surface area contributed by atoms with Gasteiger partial charge in [0.25, 0.3) is 0 Å². The third-order valence-corrected chi connectivity index (χ3v) is 7.85. The van der Waals surface area contributed by atoms with Gasteiger partial charge in [0.1, 0.15) is 0 Å². The molecule has 3 aliphatic carbocycles. The van der Waals surface area contributed by atoms with Crippen molar-refractivity contribution >= 4 is 11.7 Å². The van der Waals surface area contributed by atoms with Crippen LogP contribution in [-0.4, -0.2) is 17.1 Å². The van der Waals surface area contributed by atoms with Crippen LogP contribution in [0.2, 0.25) is 0 Å². The number of para-hydroxylation sites is 1. The first-order valence-corrected chi connectivity index (χ1v) is 9.58. The van der Waals surface area contributed by atoms with Gasteiger partial charge in [-0.15, -0.1) is 0 Å². The molecule has 0 saturated heterocycles. The molecule has 2 saturated carbocycles. The van der Waals surface area contributed by atoms with E-state index in [2.05, 4.69) is 33.0 Å². The summed E-state index contributed by atoms with van der Waals surface area (Å²) in [5.41, 5.74) is 4.87. The Morgan fingerprint density at radius 1 is 1.28 bits per heavy atom. The van der Waals surface area contributed by atoms with Crippen LogP contribution in [0.3, 0.4) is 0 Å². The molecule has 3 nitrogen and oxygen atoms in total. The van der Waals surface area contributed by atoms with E-state index in [9.17, 15) is 9.90 Å². The highest BCUT2D eigenvalue weighted by Gasteiger charge is 2.59. The van der Waals surface area contributed by atoms with E-state index in [-0.39, 0.29) is 11.5 Å². The number of benzene rings is 1. The molecular formula is C22H29NO2. The van der Waals surface area contributed by atoms with Gasteiger partial charge in [-0.2, -0.15) is 0 Å². The van der Waals surface area contributed by atoms with Crippen LogP contribution >= 0.6 is 0 Å². The van der Waals surface area contributed by atoms with E-state index in [1.165, 1.54) is 19.3 Å². The maximum Gasteiger partial charge on any atom is 0.337 e. The Hall–Kier alpha value is -1.77. The summed E-state index contributed by atoms with van der Waals surface area (Å²) in [5.74, 6) is 0.594. The zero-order valence-electron chi connectivity index (χ0n) is 15.7. The molecule has 4 rings (SSSR count). The molecule has 1 aromatic carbocycles. The molecule has 134 valence electrons. The Labute approximate surface area is 150 Å². The van der Waals surface area contributed by atoms with Gasteiger partial charge in [0.2, 0.25) is 0 Å². The van der Waals surface area contributed by atoms with Gasteiger partial charge in [-0.3, -0.25) is 0 Å². The first kappa shape index (κ1) is 16.7. The third-order valence-electron chi connectivity index (χ3n) is 7.85. The van der Waals surface area contributed by atoms with Crippen LogP contribution < -0.4 is 5.32 Å². The van der Waals surface area contributed by atoms with Crippen molar-refractivity contribution in [2.45, 2.75) is 59.4 Å². The molecule has 3 heteroatoms. The zero-order valence-corrected chi connectivity index (χ0v) is 15.7. The summed E-state index contributed by atoms with van der Waals surface area (Å²) in [5, 5.41) is 13.1. The topological polar surface area (TPSA) is 49.3 Å². The average Bonchev–Trinajstić information content (AvgIpc) is 3.09. The minimum atomic E-state index is -0.862. The molecule has 1 aromatic rings. The van der Waals surface area contributed by atoms with Gasteiger partial charge in [0, 0.05) is 11.7 Å². The number of fused-ring (bicyclic) bond motifs is 1. The second kappa shape index (κ2) is 5.36. The zero-order chi connectivity index (χ0) is 18.0. The normalized spacial score (nSPS) is 35.6. The lowest BCUT2D eigenvalue weighted by atomic mass is 9.60. The minimum Gasteiger partial charge on any atom is -0.478 e. The summed E-state index contributed by atoms with van der Waals surface area (Å²) in [6.07, 6.45) is 5.04. The summed E-state index contributed by atoms with van der Waals surface area (Å²) in [7, 11) is 0. The monoisotopic (exact) mass is 339 g/mol. The largest absolute Gasteiger partial charge is 0.478 e. The van der Waals surface area contributed by atoms with E-state index in [0.29, 0.717) is 16.9 Å². The molecule has 0 aromatic heterocycles. The fourth-order valence-corrected chi connectivity index (χ4v) is 6.10. The third kappa shape index (κ3) is 2.21. The maximum atomic E-state index is 11.6. The molecule has 0 radical (unpaired) electrons. The molecule has 2 bridgehead atoms. The van der Waals surface area contributed by atoms with Gasteiger partial charge in [0.15, 0.2) is 0 Å². The number of hydrogen-bond acceptors (Lipinski definition) is 2. The van der Waals surface area contributed by atoms with Crippen molar-refractivity contribution < 1.29 is 9.90 Å². The molecule has 2 fully saturated rings. The fraction of sp³-hybridized carbons (Fsp3) is 0.591. The maximum absolute atomic E-state index is 11.6. The first-order valence-electron chi connectivity index (χ1n) is 9.58. The first-order chi connectivity index (χ1) is 11.8. The van der Waals surface area contributed by atoms with Gasteiger partial charge in [0.05, 0.1) is 5.56 Å². The molecule has 0 heterocycles. The van der Waals surface area contributed by atoms with Gasteiger partial charge in [-0.25, -0.2) is 4.79 Å². The number of nitrogens with one attached hydrogen (secondary N) is 1. The molecular weight excluding hydrogens is 310 g/mol. The van der Waals surface area contributed by atoms with Crippen LogP contribution in [0.25, 0.3) is 0 Å². The van der Waals surface area contributed by atoms with E-state index in [0.717, 1.165) is 18.0 Å². The van der Waals surface area contributed by atoms with Gasteiger partial charge >= 0.3 is 5.97 Å². The number of allylic oxidation sites excluding steroid dienone is 1. The number of carbonyl (C=O) groups is 1. The lowest BCUT2D eigenvalue weighted by Gasteiger charge is -2.45. The number of hydrogen-bond donors (Lipinski definition) is 2. The molecule has 2 N–H and O–H groups in total. The van der Waals surface area contributed by atoms with Crippen LogP contribution in [0, 0.1) is 22.7 Å². The van der Waals surface area contributed by atoms with E-state index in [1.54, 1.807) is 23.3 Å². The predicted octanol–water partition coefficient (Wildman–Crippen LogP) is 5.35. The smallest absolute Gasteiger partial charge is 0.337 e. The van der Waals surface area contributed by atoms with Crippen molar-refractivity contribution in [3.05, 3.63) is 41.0 Å². The quantitative estimate of drug-likeness (QED) is 0.730. The summed E-state index contributed by atoms with van der Waals surface area (Å²) >= 11 is 0. The van der Waals surface area contributed by atoms with Crippen molar-refractivity contribution in [3.63, 3.8) is 0 Å². The summed E-state index contributed by atoms with van der Waals surface area (Å²) < 4.78 is 0. The van der Waals surface area contributed by atoms with Crippen molar-refractivity contribution in [1.29, 1.82) is 0 Å². The number of carboxylic acid groups (broad SMARTS) is 1. The van der Waals surface area contributed by atoms with Gasteiger partial charge < -0.3 is 10.4 Å². The van der Waals surface area contributed by atoms with E-state index in [4.69, 9.17) is 0 Å². The number of rotatable bonds is 3.